The summed E-state index contributed by atoms with van der Waals surface area (Å²) in [5.41, 5.74) is 5.98. The first-order valence-electron chi connectivity index (χ1n) is 6.99. The molecule has 0 radical (unpaired) electrons. The number of piperidine rings is 1. The van der Waals surface area contributed by atoms with Crippen LogP contribution in [-0.4, -0.2) is 38.5 Å². The zero-order valence-electron chi connectivity index (χ0n) is 12.3. The van der Waals surface area contributed by atoms with E-state index in [2.05, 4.69) is 15.9 Å². The van der Waals surface area contributed by atoms with E-state index in [0.717, 1.165) is 19.3 Å². The number of hydrogen-bond donors (Lipinski definition) is 1. The number of ether oxygens (including phenoxy) is 1. The summed E-state index contributed by atoms with van der Waals surface area (Å²) < 4.78 is 33.2. The van der Waals surface area contributed by atoms with Crippen molar-refractivity contribution in [3.8, 4) is 5.75 Å². The van der Waals surface area contributed by atoms with Gasteiger partial charge < -0.3 is 10.5 Å². The predicted octanol–water partition coefficient (Wildman–Crippen LogP) is 2.35. The fourth-order valence-electron chi connectivity index (χ4n) is 2.69. The van der Waals surface area contributed by atoms with Crippen LogP contribution < -0.4 is 10.5 Å². The van der Waals surface area contributed by atoms with E-state index in [9.17, 15) is 8.42 Å². The summed E-state index contributed by atoms with van der Waals surface area (Å²) in [6.45, 7) is 2.37. The Morgan fingerprint density at radius 3 is 2.76 bits per heavy atom. The zero-order valence-corrected chi connectivity index (χ0v) is 14.7. The van der Waals surface area contributed by atoms with Gasteiger partial charge in [-0.15, -0.1) is 0 Å². The number of rotatable bonds is 4. The Morgan fingerprint density at radius 2 is 2.14 bits per heavy atom. The van der Waals surface area contributed by atoms with Gasteiger partial charge in [0.2, 0.25) is 10.0 Å². The topological polar surface area (TPSA) is 72.6 Å². The molecule has 2 N–H and O–H groups in total. The Hall–Kier alpha value is -0.630. The SMILES string of the molecule is COc1ccc(Br)c(S(=O)(=O)N2CCCCC2C(C)N)c1. The molecule has 0 bridgehead atoms. The van der Waals surface area contributed by atoms with Crippen LogP contribution in [0.5, 0.6) is 5.75 Å². The number of methoxy groups -OCH3 is 1. The summed E-state index contributed by atoms with van der Waals surface area (Å²) in [4.78, 5) is 0.231. The van der Waals surface area contributed by atoms with E-state index < -0.39 is 10.0 Å². The summed E-state index contributed by atoms with van der Waals surface area (Å²) in [5, 5.41) is 0. The summed E-state index contributed by atoms with van der Waals surface area (Å²) in [6.07, 6.45) is 2.68. The van der Waals surface area contributed by atoms with Gasteiger partial charge in [0.15, 0.2) is 0 Å². The zero-order chi connectivity index (χ0) is 15.6. The third-order valence-electron chi connectivity index (χ3n) is 3.83. The lowest BCUT2D eigenvalue weighted by molar-refractivity contribution is 0.227. The molecule has 1 aromatic carbocycles. The van der Waals surface area contributed by atoms with E-state index in [4.69, 9.17) is 10.5 Å². The largest absolute Gasteiger partial charge is 0.497 e. The number of hydrogen-bond acceptors (Lipinski definition) is 4. The van der Waals surface area contributed by atoms with Gasteiger partial charge in [-0.3, -0.25) is 0 Å². The molecular formula is C14H21BrN2O3S. The molecule has 2 unspecified atom stereocenters. The highest BCUT2D eigenvalue weighted by atomic mass is 79.9. The highest BCUT2D eigenvalue weighted by Crippen LogP contribution is 2.32. The Balaban J connectivity index is 2.45. The Bertz CT molecular complexity index is 604. The number of sulfonamides is 1. The lowest BCUT2D eigenvalue weighted by Crippen LogP contribution is -2.51. The molecule has 2 atom stereocenters. The van der Waals surface area contributed by atoms with Gasteiger partial charge in [-0.2, -0.15) is 4.31 Å². The third-order valence-corrected chi connectivity index (χ3v) is 6.75. The Kier molecular flexibility index (Phi) is 5.29. The van der Waals surface area contributed by atoms with Crippen molar-refractivity contribution >= 4 is 26.0 Å². The normalized spacial score (nSPS) is 22.0. The van der Waals surface area contributed by atoms with E-state index in [1.807, 2.05) is 6.92 Å². The van der Waals surface area contributed by atoms with Gasteiger partial charge in [0.25, 0.3) is 0 Å². The van der Waals surface area contributed by atoms with Crippen LogP contribution in [-0.2, 0) is 10.0 Å². The average molecular weight is 377 g/mol. The lowest BCUT2D eigenvalue weighted by atomic mass is 10.00. The van der Waals surface area contributed by atoms with Crippen LogP contribution in [0.15, 0.2) is 27.6 Å². The molecule has 0 saturated carbocycles. The fourth-order valence-corrected chi connectivity index (χ4v) is 5.41. The maximum atomic E-state index is 13.0. The van der Waals surface area contributed by atoms with E-state index in [1.165, 1.54) is 7.11 Å². The van der Waals surface area contributed by atoms with Crippen LogP contribution in [0.2, 0.25) is 0 Å². The molecule has 21 heavy (non-hydrogen) atoms. The van der Waals surface area contributed by atoms with Crippen molar-refractivity contribution in [2.45, 2.75) is 43.2 Å². The van der Waals surface area contributed by atoms with Gasteiger partial charge in [0.1, 0.15) is 10.6 Å². The summed E-state index contributed by atoms with van der Waals surface area (Å²) in [5.74, 6) is 0.520. The first kappa shape index (κ1) is 16.7. The van der Waals surface area contributed by atoms with Crippen LogP contribution in [0, 0.1) is 0 Å². The summed E-state index contributed by atoms with van der Waals surface area (Å²) in [7, 11) is -2.07. The molecule has 2 rings (SSSR count). The number of benzene rings is 1. The summed E-state index contributed by atoms with van der Waals surface area (Å²) >= 11 is 3.33. The van der Waals surface area contributed by atoms with Crippen LogP contribution in [0.25, 0.3) is 0 Å². The van der Waals surface area contributed by atoms with Crippen molar-refractivity contribution in [1.29, 1.82) is 0 Å². The molecule has 0 aliphatic carbocycles. The van der Waals surface area contributed by atoms with E-state index >= 15 is 0 Å². The third kappa shape index (κ3) is 3.41. The Labute approximate surface area is 134 Å². The van der Waals surface area contributed by atoms with Gasteiger partial charge in [0.05, 0.1) is 7.11 Å². The van der Waals surface area contributed by atoms with E-state index in [1.54, 1.807) is 22.5 Å². The predicted molar refractivity (Wildman–Crippen MR) is 85.9 cm³/mol. The van der Waals surface area contributed by atoms with Crippen molar-refractivity contribution in [2.75, 3.05) is 13.7 Å². The van der Waals surface area contributed by atoms with Crippen molar-refractivity contribution in [3.63, 3.8) is 0 Å². The average Bonchev–Trinajstić information content (AvgIpc) is 2.47. The monoisotopic (exact) mass is 376 g/mol. The molecule has 1 fully saturated rings. The van der Waals surface area contributed by atoms with E-state index in [-0.39, 0.29) is 17.0 Å². The maximum Gasteiger partial charge on any atom is 0.244 e. The molecule has 1 aliphatic rings. The molecule has 1 aromatic rings. The molecule has 7 heteroatoms. The molecule has 1 aliphatic heterocycles. The minimum absolute atomic E-state index is 0.151. The smallest absolute Gasteiger partial charge is 0.244 e. The van der Waals surface area contributed by atoms with Gasteiger partial charge in [-0.25, -0.2) is 8.42 Å². The molecule has 1 heterocycles. The molecule has 1 saturated heterocycles. The molecular weight excluding hydrogens is 356 g/mol. The Morgan fingerprint density at radius 1 is 1.43 bits per heavy atom. The van der Waals surface area contributed by atoms with Crippen molar-refractivity contribution in [2.24, 2.45) is 5.73 Å². The number of nitrogens with two attached hydrogens (primary N) is 1. The van der Waals surface area contributed by atoms with Gasteiger partial charge in [0, 0.05) is 29.2 Å². The van der Waals surface area contributed by atoms with E-state index in [0.29, 0.717) is 16.8 Å². The molecule has 0 aromatic heterocycles. The van der Waals surface area contributed by atoms with Gasteiger partial charge >= 0.3 is 0 Å². The number of halogens is 1. The van der Waals surface area contributed by atoms with Crippen LogP contribution in [0.3, 0.4) is 0 Å². The quantitative estimate of drug-likeness (QED) is 0.874. The molecule has 5 nitrogen and oxygen atoms in total. The second-order valence-corrected chi connectivity index (χ2v) is 8.05. The second kappa shape index (κ2) is 6.64. The second-order valence-electron chi connectivity index (χ2n) is 5.33. The standard InChI is InChI=1S/C14H21BrN2O3S/c1-10(16)13-5-3-4-8-17(13)21(18,19)14-9-11(20-2)6-7-12(14)15/h6-7,9-10,13H,3-5,8,16H2,1-2H3. The summed E-state index contributed by atoms with van der Waals surface area (Å²) in [6, 6.07) is 4.62. The van der Waals surface area contributed by atoms with Crippen LogP contribution in [0.4, 0.5) is 0 Å². The first-order chi connectivity index (χ1) is 9.87. The fraction of sp³-hybridized carbons (Fsp3) is 0.571. The highest BCUT2D eigenvalue weighted by molar-refractivity contribution is 9.10. The minimum atomic E-state index is -3.59. The molecule has 0 spiro atoms. The van der Waals surface area contributed by atoms with Gasteiger partial charge in [-0.1, -0.05) is 6.42 Å². The molecule has 118 valence electrons. The van der Waals surface area contributed by atoms with Crippen LogP contribution >= 0.6 is 15.9 Å². The lowest BCUT2D eigenvalue weighted by Gasteiger charge is -2.37. The minimum Gasteiger partial charge on any atom is -0.497 e. The first-order valence-corrected chi connectivity index (χ1v) is 9.22. The van der Waals surface area contributed by atoms with Crippen molar-refractivity contribution in [1.82, 2.24) is 4.31 Å². The van der Waals surface area contributed by atoms with Crippen molar-refractivity contribution in [3.05, 3.63) is 22.7 Å². The highest BCUT2D eigenvalue weighted by Gasteiger charge is 2.36. The number of nitrogens with zero attached hydrogens (tertiary/aromatic N) is 1. The molecule has 0 amide bonds. The maximum absolute atomic E-state index is 13.0. The van der Waals surface area contributed by atoms with Crippen molar-refractivity contribution < 1.29 is 13.2 Å². The van der Waals surface area contributed by atoms with Crippen LogP contribution in [0.1, 0.15) is 26.2 Å². The van der Waals surface area contributed by atoms with Gasteiger partial charge in [-0.05, 0) is 47.8 Å².